The fourth-order valence-electron chi connectivity index (χ4n) is 4.22. The van der Waals surface area contributed by atoms with E-state index in [9.17, 15) is 24.6 Å². The Morgan fingerprint density at radius 2 is 1.37 bits per heavy atom. The molecule has 3 aromatic carbocycles. The average Bonchev–Trinajstić information content (AvgIpc) is 3.13. The van der Waals surface area contributed by atoms with E-state index in [0.29, 0.717) is 16.8 Å². The maximum atomic E-state index is 13.3. The van der Waals surface area contributed by atoms with Gasteiger partial charge in [-0.15, -0.1) is 0 Å². The Kier molecular flexibility index (Phi) is 5.17. The van der Waals surface area contributed by atoms with Crippen LogP contribution in [0.4, 0.5) is 5.69 Å². The first-order valence-electron chi connectivity index (χ1n) is 10.8. The van der Waals surface area contributed by atoms with Crippen molar-refractivity contribution in [1.29, 1.82) is 0 Å². The van der Waals surface area contributed by atoms with E-state index in [-0.39, 0.29) is 28.2 Å². The molecule has 35 heavy (non-hydrogen) atoms. The first-order valence-corrected chi connectivity index (χ1v) is 10.8. The lowest BCUT2D eigenvalue weighted by Crippen LogP contribution is -2.26. The van der Waals surface area contributed by atoms with Gasteiger partial charge in [-0.05, 0) is 25.5 Å². The van der Waals surface area contributed by atoms with Gasteiger partial charge in [-0.1, -0.05) is 66.2 Å². The number of carbonyl (C=O) groups is 3. The molecule has 0 aliphatic heterocycles. The van der Waals surface area contributed by atoms with E-state index in [4.69, 9.17) is 4.74 Å². The molecule has 2 aliphatic rings. The number of carbonyl (C=O) groups excluding carboxylic acids is 3. The van der Waals surface area contributed by atoms with Crippen LogP contribution in [0.15, 0.2) is 88.8 Å². The van der Waals surface area contributed by atoms with Gasteiger partial charge in [0.2, 0.25) is 23.1 Å². The van der Waals surface area contributed by atoms with Crippen molar-refractivity contribution in [3.8, 4) is 0 Å². The lowest BCUT2D eigenvalue weighted by Gasteiger charge is -2.17. The zero-order valence-electron chi connectivity index (χ0n) is 18.8. The third-order valence-corrected chi connectivity index (χ3v) is 5.95. The third-order valence-electron chi connectivity index (χ3n) is 5.95. The molecule has 5 rings (SSSR count). The number of hydrogen-bond donors (Lipinski definition) is 2. The molecule has 0 bridgehead atoms. The molecule has 2 aliphatic carbocycles. The largest absolute Gasteiger partial charge is 0.506 e. The monoisotopic (exact) mass is 465 g/mol. The average molecular weight is 465 g/mol. The van der Waals surface area contributed by atoms with Gasteiger partial charge < -0.3 is 14.9 Å². The predicted molar refractivity (Wildman–Crippen MR) is 129 cm³/mol. The molecule has 172 valence electrons. The lowest BCUT2D eigenvalue weighted by atomic mass is 9.92. The van der Waals surface area contributed by atoms with E-state index in [1.54, 1.807) is 42.5 Å². The number of esters is 1. The number of aliphatic imine (C=N–C) groups is 1. The van der Waals surface area contributed by atoms with Crippen LogP contribution in [0.3, 0.4) is 0 Å². The van der Waals surface area contributed by atoms with Gasteiger partial charge in [0.15, 0.2) is 0 Å². The van der Waals surface area contributed by atoms with E-state index >= 15 is 0 Å². The van der Waals surface area contributed by atoms with Gasteiger partial charge in [-0.25, -0.2) is 9.79 Å². The van der Waals surface area contributed by atoms with Gasteiger partial charge in [0, 0.05) is 22.3 Å². The summed E-state index contributed by atoms with van der Waals surface area (Å²) in [7, 11) is 0. The second-order valence-electron chi connectivity index (χ2n) is 8.29. The fraction of sp³-hybridized carbons (Fsp3) is 0.0714. The molecule has 3 aromatic rings. The standard InChI is InChI=1S/C28H19NO6/c1-14-11-12-20(15(2)13-14)29-22-16-7-3-4-8-17(16)23(30)21(22)28(34)35-27-25(32)19-10-6-5-9-18(19)24(31)26(27)33/h3-13,30,33H,1-2H3. The number of Topliss-reactive ketones (excluding diaryl/α,β-unsaturated/α-hetero) is 2. The summed E-state index contributed by atoms with van der Waals surface area (Å²) in [5, 5.41) is 21.3. The molecule has 0 unspecified atom stereocenters. The van der Waals surface area contributed by atoms with Crippen LogP contribution in [-0.2, 0) is 9.53 Å². The van der Waals surface area contributed by atoms with Crippen LogP contribution in [0, 0.1) is 13.8 Å². The van der Waals surface area contributed by atoms with Gasteiger partial charge in [0.05, 0.1) is 11.4 Å². The molecule has 0 atom stereocenters. The number of ketones is 2. The highest BCUT2D eigenvalue weighted by Crippen LogP contribution is 2.36. The Morgan fingerprint density at radius 1 is 0.771 bits per heavy atom. The zero-order valence-corrected chi connectivity index (χ0v) is 18.8. The number of benzene rings is 3. The number of ether oxygens (including phenoxy) is 1. The van der Waals surface area contributed by atoms with E-state index in [1.165, 1.54) is 12.1 Å². The maximum Gasteiger partial charge on any atom is 0.349 e. The first kappa shape index (κ1) is 22.0. The summed E-state index contributed by atoms with van der Waals surface area (Å²) in [5.74, 6) is -4.89. The van der Waals surface area contributed by atoms with E-state index in [1.807, 2.05) is 26.0 Å². The molecular formula is C28H19NO6. The second kappa shape index (κ2) is 8.22. The summed E-state index contributed by atoms with van der Waals surface area (Å²) in [6.07, 6.45) is 0. The number of aryl methyl sites for hydroxylation is 2. The van der Waals surface area contributed by atoms with Crippen LogP contribution in [-0.4, -0.2) is 33.5 Å². The van der Waals surface area contributed by atoms with Crippen LogP contribution in [0.2, 0.25) is 0 Å². The molecule has 0 saturated heterocycles. The number of aliphatic hydroxyl groups is 2. The van der Waals surface area contributed by atoms with Gasteiger partial charge >= 0.3 is 5.97 Å². The van der Waals surface area contributed by atoms with Crippen molar-refractivity contribution in [2.45, 2.75) is 13.8 Å². The summed E-state index contributed by atoms with van der Waals surface area (Å²) in [6, 6.07) is 18.3. The highest BCUT2D eigenvalue weighted by atomic mass is 16.5. The molecule has 0 amide bonds. The zero-order chi connectivity index (χ0) is 24.9. The predicted octanol–water partition coefficient (Wildman–Crippen LogP) is 5.10. The van der Waals surface area contributed by atoms with Gasteiger partial charge in [-0.2, -0.15) is 0 Å². The van der Waals surface area contributed by atoms with E-state index in [0.717, 1.165) is 11.1 Å². The molecule has 0 fully saturated rings. The van der Waals surface area contributed by atoms with Crippen molar-refractivity contribution in [3.05, 3.63) is 117 Å². The van der Waals surface area contributed by atoms with E-state index in [2.05, 4.69) is 4.99 Å². The minimum absolute atomic E-state index is 0.00943. The summed E-state index contributed by atoms with van der Waals surface area (Å²) in [6.45, 7) is 3.82. The fourth-order valence-corrected chi connectivity index (χ4v) is 4.22. The van der Waals surface area contributed by atoms with Crippen LogP contribution in [0.1, 0.15) is 43.0 Å². The smallest absolute Gasteiger partial charge is 0.349 e. The highest BCUT2D eigenvalue weighted by molar-refractivity contribution is 6.36. The third kappa shape index (κ3) is 3.54. The van der Waals surface area contributed by atoms with Crippen molar-refractivity contribution in [1.82, 2.24) is 0 Å². The minimum atomic E-state index is -1.12. The van der Waals surface area contributed by atoms with Crippen LogP contribution >= 0.6 is 0 Å². The van der Waals surface area contributed by atoms with Gasteiger partial charge in [-0.3, -0.25) is 9.59 Å². The first-order chi connectivity index (χ1) is 16.8. The Morgan fingerprint density at radius 3 is 2.03 bits per heavy atom. The quantitative estimate of drug-likeness (QED) is 0.521. The molecule has 0 radical (unpaired) electrons. The lowest BCUT2D eigenvalue weighted by molar-refractivity contribution is -0.134. The normalized spacial score (nSPS) is 16.0. The summed E-state index contributed by atoms with van der Waals surface area (Å²) < 4.78 is 5.27. The summed E-state index contributed by atoms with van der Waals surface area (Å²) in [5.41, 5.74) is 3.27. The molecule has 7 nitrogen and oxygen atoms in total. The Hall–Kier alpha value is -4.78. The van der Waals surface area contributed by atoms with Crippen molar-refractivity contribution in [2.75, 3.05) is 0 Å². The number of aliphatic hydroxyl groups excluding tert-OH is 2. The van der Waals surface area contributed by atoms with Crippen molar-refractivity contribution >= 4 is 34.7 Å². The number of nitrogens with zero attached hydrogens (tertiary/aromatic N) is 1. The van der Waals surface area contributed by atoms with Crippen molar-refractivity contribution < 1.29 is 29.3 Å². The number of rotatable bonds is 3. The van der Waals surface area contributed by atoms with Crippen LogP contribution in [0.5, 0.6) is 0 Å². The molecule has 0 heterocycles. The van der Waals surface area contributed by atoms with Crippen molar-refractivity contribution in [2.24, 2.45) is 4.99 Å². The molecule has 7 heteroatoms. The molecule has 2 N–H and O–H groups in total. The molecule has 0 saturated carbocycles. The molecule has 0 spiro atoms. The topological polar surface area (TPSA) is 113 Å². The number of hydrogen-bond acceptors (Lipinski definition) is 7. The Bertz CT molecular complexity index is 1560. The van der Waals surface area contributed by atoms with E-state index < -0.39 is 29.1 Å². The SMILES string of the molecule is Cc1ccc(N=C2C(C(=O)OC3=C(O)C(=O)c4ccccc4C3=O)=C(O)c3ccccc32)c(C)c1. The molecular weight excluding hydrogens is 446 g/mol. The molecule has 0 aromatic heterocycles. The number of allylic oxidation sites excluding steroid dienone is 2. The Labute approximate surface area is 200 Å². The van der Waals surface area contributed by atoms with Gasteiger partial charge in [0.1, 0.15) is 11.3 Å². The summed E-state index contributed by atoms with van der Waals surface area (Å²) >= 11 is 0. The minimum Gasteiger partial charge on any atom is -0.506 e. The highest BCUT2D eigenvalue weighted by Gasteiger charge is 2.39. The number of fused-ring (bicyclic) bond motifs is 2. The Balaban J connectivity index is 1.59. The maximum absolute atomic E-state index is 13.3. The second-order valence-corrected chi connectivity index (χ2v) is 8.29. The van der Waals surface area contributed by atoms with Gasteiger partial charge in [0.25, 0.3) is 0 Å². The summed E-state index contributed by atoms with van der Waals surface area (Å²) in [4.78, 5) is 43.4. The van der Waals surface area contributed by atoms with Crippen LogP contribution < -0.4 is 0 Å². The van der Waals surface area contributed by atoms with Crippen LogP contribution in [0.25, 0.3) is 5.76 Å². The van der Waals surface area contributed by atoms with Crippen molar-refractivity contribution in [3.63, 3.8) is 0 Å².